The zero-order chi connectivity index (χ0) is 13.1. The van der Waals surface area contributed by atoms with E-state index in [0.717, 1.165) is 11.1 Å². The minimum Gasteiger partial charge on any atom is -0.270 e. The van der Waals surface area contributed by atoms with E-state index in [2.05, 4.69) is 41.4 Å². The van der Waals surface area contributed by atoms with Gasteiger partial charge in [-0.05, 0) is 43.0 Å². The molecule has 2 rings (SSSR count). The fraction of sp³-hybridized carbons (Fsp3) is 0.286. The van der Waals surface area contributed by atoms with Gasteiger partial charge in [0.1, 0.15) is 6.04 Å². The molecule has 4 nitrogen and oxygen atoms in total. The maximum Gasteiger partial charge on any atom is 0.150 e. The van der Waals surface area contributed by atoms with Crippen molar-refractivity contribution >= 4 is 0 Å². The molecule has 1 atom stereocenters. The highest BCUT2D eigenvalue weighted by atomic mass is 15.2. The van der Waals surface area contributed by atoms with Gasteiger partial charge in [0.15, 0.2) is 5.82 Å². The molecule has 1 unspecified atom stereocenters. The van der Waals surface area contributed by atoms with Gasteiger partial charge in [-0.3, -0.25) is 5.84 Å². The summed E-state index contributed by atoms with van der Waals surface area (Å²) in [4.78, 5) is 8.69. The first kappa shape index (κ1) is 12.7. The van der Waals surface area contributed by atoms with Crippen molar-refractivity contribution in [3.63, 3.8) is 0 Å². The molecule has 3 N–H and O–H groups in total. The fourth-order valence-corrected chi connectivity index (χ4v) is 1.94. The van der Waals surface area contributed by atoms with Crippen LogP contribution in [0.15, 0.2) is 30.6 Å². The molecule has 1 aromatic heterocycles. The maximum absolute atomic E-state index is 5.66. The van der Waals surface area contributed by atoms with E-state index in [-0.39, 0.29) is 6.04 Å². The van der Waals surface area contributed by atoms with Crippen molar-refractivity contribution in [2.45, 2.75) is 26.8 Å². The van der Waals surface area contributed by atoms with Crippen molar-refractivity contribution in [2.24, 2.45) is 5.84 Å². The molecule has 0 fully saturated rings. The number of nitrogens with two attached hydrogens (primary N) is 1. The number of nitrogens with one attached hydrogen (secondary N) is 1. The van der Waals surface area contributed by atoms with Gasteiger partial charge < -0.3 is 0 Å². The summed E-state index contributed by atoms with van der Waals surface area (Å²) in [6, 6.07) is 5.99. The summed E-state index contributed by atoms with van der Waals surface area (Å²) >= 11 is 0. The van der Waals surface area contributed by atoms with Crippen LogP contribution in [-0.2, 0) is 0 Å². The van der Waals surface area contributed by atoms with Crippen molar-refractivity contribution in [1.82, 2.24) is 15.4 Å². The van der Waals surface area contributed by atoms with Gasteiger partial charge in [0.2, 0.25) is 0 Å². The van der Waals surface area contributed by atoms with Crippen molar-refractivity contribution in [2.75, 3.05) is 0 Å². The summed E-state index contributed by atoms with van der Waals surface area (Å²) in [5.41, 5.74) is 7.40. The lowest BCUT2D eigenvalue weighted by atomic mass is 9.97. The topological polar surface area (TPSA) is 63.8 Å². The normalized spacial score (nSPS) is 12.4. The Kier molecular flexibility index (Phi) is 3.69. The molecule has 0 saturated carbocycles. The fourth-order valence-electron chi connectivity index (χ4n) is 1.94. The molecule has 0 aliphatic carbocycles. The first-order valence-electron chi connectivity index (χ1n) is 5.94. The summed E-state index contributed by atoms with van der Waals surface area (Å²) < 4.78 is 0. The zero-order valence-electron chi connectivity index (χ0n) is 10.9. The Morgan fingerprint density at radius 3 is 2.39 bits per heavy atom. The van der Waals surface area contributed by atoms with E-state index in [1.165, 1.54) is 11.1 Å². The molecule has 94 valence electrons. The first-order chi connectivity index (χ1) is 8.63. The monoisotopic (exact) mass is 242 g/mol. The molecule has 18 heavy (non-hydrogen) atoms. The lowest BCUT2D eigenvalue weighted by Crippen LogP contribution is -2.31. The molecule has 0 amide bonds. The van der Waals surface area contributed by atoms with E-state index in [4.69, 9.17) is 5.84 Å². The molecule has 1 heterocycles. The Balaban J connectivity index is 2.45. The molecule has 0 aliphatic rings. The van der Waals surface area contributed by atoms with Crippen LogP contribution >= 0.6 is 0 Å². The van der Waals surface area contributed by atoms with Crippen LogP contribution in [0.2, 0.25) is 0 Å². The van der Waals surface area contributed by atoms with E-state index in [0.29, 0.717) is 5.82 Å². The summed E-state index contributed by atoms with van der Waals surface area (Å²) in [5.74, 6) is 6.36. The third kappa shape index (κ3) is 2.39. The van der Waals surface area contributed by atoms with E-state index in [1.54, 1.807) is 12.4 Å². The quantitative estimate of drug-likeness (QED) is 0.638. The van der Waals surface area contributed by atoms with Crippen LogP contribution in [0.3, 0.4) is 0 Å². The molecule has 0 radical (unpaired) electrons. The van der Waals surface area contributed by atoms with Crippen molar-refractivity contribution in [1.29, 1.82) is 0 Å². The van der Waals surface area contributed by atoms with Crippen LogP contribution in [0.4, 0.5) is 0 Å². The van der Waals surface area contributed by atoms with Crippen LogP contribution in [0.1, 0.15) is 34.1 Å². The number of hydrogen-bond acceptors (Lipinski definition) is 4. The highest BCUT2D eigenvalue weighted by Crippen LogP contribution is 2.23. The average Bonchev–Trinajstić information content (AvgIpc) is 2.37. The second kappa shape index (κ2) is 5.25. The molecule has 4 heteroatoms. The average molecular weight is 242 g/mol. The molecule has 0 spiro atoms. The van der Waals surface area contributed by atoms with Crippen LogP contribution < -0.4 is 11.3 Å². The lowest BCUT2D eigenvalue weighted by Gasteiger charge is -2.18. The number of hydrazine groups is 1. The van der Waals surface area contributed by atoms with Gasteiger partial charge in [-0.25, -0.2) is 15.4 Å². The molecule has 2 aromatic rings. The van der Waals surface area contributed by atoms with Crippen LogP contribution in [0.5, 0.6) is 0 Å². The maximum atomic E-state index is 5.66. The zero-order valence-corrected chi connectivity index (χ0v) is 10.9. The van der Waals surface area contributed by atoms with Gasteiger partial charge in [0.05, 0.1) is 0 Å². The van der Waals surface area contributed by atoms with Crippen LogP contribution in [0, 0.1) is 20.8 Å². The third-order valence-corrected chi connectivity index (χ3v) is 3.18. The Bertz CT molecular complexity index is 534. The Morgan fingerprint density at radius 1 is 1.11 bits per heavy atom. The highest BCUT2D eigenvalue weighted by Gasteiger charge is 2.17. The van der Waals surface area contributed by atoms with E-state index < -0.39 is 0 Å². The number of rotatable bonds is 3. The Morgan fingerprint density at radius 2 is 1.78 bits per heavy atom. The minimum atomic E-state index is -0.175. The van der Waals surface area contributed by atoms with Crippen molar-refractivity contribution in [3.8, 4) is 0 Å². The van der Waals surface area contributed by atoms with Gasteiger partial charge in [0.25, 0.3) is 0 Å². The number of hydrogen-bond donors (Lipinski definition) is 2. The first-order valence-corrected chi connectivity index (χ1v) is 5.94. The summed E-state index contributed by atoms with van der Waals surface area (Å²) in [6.07, 6.45) is 3.61. The van der Waals surface area contributed by atoms with Gasteiger partial charge in [-0.15, -0.1) is 0 Å². The number of nitrogens with zero attached hydrogens (tertiary/aromatic N) is 2. The van der Waals surface area contributed by atoms with Crippen molar-refractivity contribution < 1.29 is 0 Å². The molecular formula is C14H18N4. The van der Waals surface area contributed by atoms with Gasteiger partial charge in [-0.2, -0.15) is 0 Å². The predicted octanol–water partition coefficient (Wildman–Crippen LogP) is 1.95. The van der Waals surface area contributed by atoms with Gasteiger partial charge in [-0.1, -0.05) is 18.2 Å². The predicted molar refractivity (Wildman–Crippen MR) is 71.9 cm³/mol. The van der Waals surface area contributed by atoms with Gasteiger partial charge >= 0.3 is 0 Å². The van der Waals surface area contributed by atoms with Crippen molar-refractivity contribution in [3.05, 3.63) is 58.7 Å². The van der Waals surface area contributed by atoms with E-state index in [9.17, 15) is 0 Å². The highest BCUT2D eigenvalue weighted by molar-refractivity contribution is 5.37. The third-order valence-electron chi connectivity index (χ3n) is 3.18. The second-order valence-electron chi connectivity index (χ2n) is 4.51. The summed E-state index contributed by atoms with van der Waals surface area (Å²) in [6.45, 7) is 6.14. The number of aryl methyl sites for hydroxylation is 2. The van der Waals surface area contributed by atoms with Gasteiger partial charge in [0, 0.05) is 12.4 Å². The van der Waals surface area contributed by atoms with Crippen LogP contribution in [-0.4, -0.2) is 9.97 Å². The SMILES string of the molecule is Cc1cnc(C(NN)c2cccc(C)c2C)nc1. The standard InChI is InChI=1S/C14H18N4/c1-9-7-16-14(17-8-9)13(18-15)12-6-4-5-10(2)11(12)3/h4-8,13,18H,15H2,1-3H3. The molecule has 0 aliphatic heterocycles. The molecular weight excluding hydrogens is 224 g/mol. The molecule has 1 aromatic carbocycles. The summed E-state index contributed by atoms with van der Waals surface area (Å²) in [5, 5.41) is 0. The smallest absolute Gasteiger partial charge is 0.150 e. The summed E-state index contributed by atoms with van der Waals surface area (Å²) in [7, 11) is 0. The van der Waals surface area contributed by atoms with E-state index in [1.807, 2.05) is 13.0 Å². The largest absolute Gasteiger partial charge is 0.270 e. The number of aromatic nitrogens is 2. The minimum absolute atomic E-state index is 0.175. The molecule has 0 saturated heterocycles. The lowest BCUT2D eigenvalue weighted by molar-refractivity contribution is 0.597. The van der Waals surface area contributed by atoms with E-state index >= 15 is 0 Å². The second-order valence-corrected chi connectivity index (χ2v) is 4.51. The Labute approximate surface area is 107 Å². The van der Waals surface area contributed by atoms with Crippen LogP contribution in [0.25, 0.3) is 0 Å². The number of benzene rings is 1. The molecule has 0 bridgehead atoms. The Hall–Kier alpha value is -1.78.